The number of ketones is 1. The predicted molar refractivity (Wildman–Crippen MR) is 96.1 cm³/mol. The van der Waals surface area contributed by atoms with Gasteiger partial charge in [-0.25, -0.2) is 9.78 Å². The molecule has 0 saturated heterocycles. The molecule has 0 aliphatic rings. The topological polar surface area (TPSA) is 75.3 Å². The van der Waals surface area contributed by atoms with Gasteiger partial charge in [0.05, 0.1) is 5.56 Å². The highest BCUT2D eigenvalue weighted by atomic mass is 16.5. The number of H-pyrrole nitrogens is 1. The number of Topliss-reactive ketones (excluding diaryl/α,β-unsaturated/α-hetero) is 1. The smallest absolute Gasteiger partial charge is 0.340 e. The first-order valence-electron chi connectivity index (χ1n) is 7.92. The molecule has 2 aromatic heterocycles. The van der Waals surface area contributed by atoms with Crippen LogP contribution in [0.5, 0.6) is 0 Å². The Kier molecular flexibility index (Phi) is 4.52. The minimum absolute atomic E-state index is 0.247. The Morgan fingerprint density at radius 2 is 1.92 bits per heavy atom. The lowest BCUT2D eigenvalue weighted by atomic mass is 10.1. The summed E-state index contributed by atoms with van der Waals surface area (Å²) in [6.45, 7) is 1.57. The molecule has 3 rings (SSSR count). The van der Waals surface area contributed by atoms with Gasteiger partial charge in [-0.15, -0.1) is 0 Å². The number of aromatic nitrogens is 2. The second-order valence-electron chi connectivity index (χ2n) is 5.96. The van der Waals surface area contributed by atoms with Crippen LogP contribution in [0.1, 0.15) is 27.6 Å². The summed E-state index contributed by atoms with van der Waals surface area (Å²) in [6, 6.07) is 10.9. The summed E-state index contributed by atoms with van der Waals surface area (Å²) in [7, 11) is 3.73. The molecule has 0 aliphatic heterocycles. The molecule has 0 bridgehead atoms. The number of hydrogen-bond acceptors (Lipinski definition) is 5. The average molecular weight is 337 g/mol. The number of pyridine rings is 1. The van der Waals surface area contributed by atoms with E-state index in [1.165, 1.54) is 6.20 Å². The number of carbonyl (C=O) groups excluding carboxylic acids is 2. The van der Waals surface area contributed by atoms with Crippen LogP contribution in [0.4, 0.5) is 5.82 Å². The van der Waals surface area contributed by atoms with Crippen molar-refractivity contribution in [3.05, 3.63) is 59.9 Å². The number of hydrogen-bond donors (Lipinski definition) is 1. The SMILES string of the molecule is C[C@@H](OC(=O)c1ccc(N(C)C)nc1)C(=O)c1c[nH]c2ccccc12. The highest BCUT2D eigenvalue weighted by molar-refractivity contribution is 6.10. The Hall–Kier alpha value is -3.15. The van der Waals surface area contributed by atoms with Gasteiger partial charge in [0.1, 0.15) is 5.82 Å². The molecule has 1 atom stereocenters. The molecule has 6 heteroatoms. The molecule has 3 aromatic rings. The zero-order valence-corrected chi connectivity index (χ0v) is 14.3. The number of fused-ring (bicyclic) bond motifs is 1. The van der Waals surface area contributed by atoms with E-state index in [1.807, 2.05) is 43.3 Å². The van der Waals surface area contributed by atoms with E-state index in [-0.39, 0.29) is 5.78 Å². The van der Waals surface area contributed by atoms with Crippen LogP contribution in [-0.2, 0) is 4.74 Å². The second kappa shape index (κ2) is 6.76. The van der Waals surface area contributed by atoms with Gasteiger partial charge in [-0.05, 0) is 25.1 Å². The molecule has 0 aliphatic carbocycles. The number of anilines is 1. The van der Waals surface area contributed by atoms with E-state index < -0.39 is 12.1 Å². The van der Waals surface area contributed by atoms with Gasteiger partial charge in [0.25, 0.3) is 0 Å². The van der Waals surface area contributed by atoms with Crippen molar-refractivity contribution in [2.24, 2.45) is 0 Å². The number of ether oxygens (including phenoxy) is 1. The van der Waals surface area contributed by atoms with Crippen molar-refractivity contribution in [2.75, 3.05) is 19.0 Å². The maximum absolute atomic E-state index is 12.6. The Balaban J connectivity index is 1.73. The van der Waals surface area contributed by atoms with Crippen molar-refractivity contribution in [1.29, 1.82) is 0 Å². The lowest BCUT2D eigenvalue weighted by molar-refractivity contribution is 0.0319. The maximum atomic E-state index is 12.6. The van der Waals surface area contributed by atoms with Crippen LogP contribution < -0.4 is 4.90 Å². The van der Waals surface area contributed by atoms with Gasteiger partial charge in [0.2, 0.25) is 5.78 Å². The summed E-state index contributed by atoms with van der Waals surface area (Å²) in [6.07, 6.45) is 2.20. The lowest BCUT2D eigenvalue weighted by Gasteiger charge is -2.13. The number of rotatable bonds is 5. The van der Waals surface area contributed by atoms with Gasteiger partial charge in [-0.1, -0.05) is 18.2 Å². The number of carbonyl (C=O) groups is 2. The second-order valence-corrected chi connectivity index (χ2v) is 5.96. The van der Waals surface area contributed by atoms with Gasteiger partial charge in [-0.2, -0.15) is 0 Å². The molecular formula is C19H19N3O3. The van der Waals surface area contributed by atoms with Crippen LogP contribution in [0.2, 0.25) is 0 Å². The molecular weight excluding hydrogens is 318 g/mol. The predicted octanol–water partition coefficient (Wildman–Crippen LogP) is 3.06. The quantitative estimate of drug-likeness (QED) is 0.572. The minimum atomic E-state index is -0.889. The molecule has 0 fully saturated rings. The summed E-state index contributed by atoms with van der Waals surface area (Å²) in [5.41, 5.74) is 1.69. The van der Waals surface area contributed by atoms with E-state index >= 15 is 0 Å². The van der Waals surface area contributed by atoms with Gasteiger partial charge >= 0.3 is 5.97 Å². The van der Waals surface area contributed by atoms with Crippen molar-refractivity contribution in [2.45, 2.75) is 13.0 Å². The van der Waals surface area contributed by atoms with Gasteiger partial charge in [-0.3, -0.25) is 4.79 Å². The van der Waals surface area contributed by atoms with Crippen LogP contribution in [0.15, 0.2) is 48.8 Å². The summed E-state index contributed by atoms with van der Waals surface area (Å²) in [5, 5.41) is 0.812. The van der Waals surface area contributed by atoms with Gasteiger partial charge in [0, 0.05) is 43.0 Å². The summed E-state index contributed by atoms with van der Waals surface area (Å²) < 4.78 is 5.32. The molecule has 128 valence electrons. The van der Waals surface area contributed by atoms with Crippen molar-refractivity contribution in [3.63, 3.8) is 0 Å². The number of nitrogens with one attached hydrogen (secondary N) is 1. The molecule has 6 nitrogen and oxygen atoms in total. The Morgan fingerprint density at radius 3 is 2.60 bits per heavy atom. The average Bonchev–Trinajstić information content (AvgIpc) is 3.05. The molecule has 0 radical (unpaired) electrons. The summed E-state index contributed by atoms with van der Waals surface area (Å²) in [4.78, 5) is 33.9. The first kappa shape index (κ1) is 16.7. The highest BCUT2D eigenvalue weighted by Gasteiger charge is 2.23. The molecule has 25 heavy (non-hydrogen) atoms. The third-order valence-corrected chi connectivity index (χ3v) is 3.95. The number of para-hydroxylation sites is 1. The highest BCUT2D eigenvalue weighted by Crippen LogP contribution is 2.20. The van der Waals surface area contributed by atoms with Gasteiger partial charge < -0.3 is 14.6 Å². The lowest BCUT2D eigenvalue weighted by Crippen LogP contribution is -2.24. The molecule has 0 amide bonds. The van der Waals surface area contributed by atoms with E-state index in [4.69, 9.17) is 4.74 Å². The first-order valence-corrected chi connectivity index (χ1v) is 7.92. The van der Waals surface area contributed by atoms with Crippen molar-refractivity contribution < 1.29 is 14.3 Å². The van der Waals surface area contributed by atoms with Crippen LogP contribution >= 0.6 is 0 Å². The van der Waals surface area contributed by atoms with E-state index in [0.29, 0.717) is 11.1 Å². The molecule has 2 heterocycles. The Bertz CT molecular complexity index is 913. The fraction of sp³-hybridized carbons (Fsp3) is 0.211. The third kappa shape index (κ3) is 3.38. The minimum Gasteiger partial charge on any atom is -0.451 e. The molecule has 1 aromatic carbocycles. The van der Waals surface area contributed by atoms with Crippen molar-refractivity contribution in [1.82, 2.24) is 9.97 Å². The van der Waals surface area contributed by atoms with Crippen LogP contribution in [-0.4, -0.2) is 41.9 Å². The standard InChI is InChI=1S/C19H19N3O3/c1-12(18(23)15-11-20-16-7-5-4-6-14(15)16)25-19(24)13-8-9-17(21-10-13)22(2)3/h4-12,20H,1-3H3/t12-/m1/s1. The number of esters is 1. The Labute approximate surface area is 145 Å². The first-order chi connectivity index (χ1) is 12.0. The zero-order chi connectivity index (χ0) is 18.0. The Morgan fingerprint density at radius 1 is 1.16 bits per heavy atom. The molecule has 0 spiro atoms. The largest absolute Gasteiger partial charge is 0.451 e. The van der Waals surface area contributed by atoms with Crippen LogP contribution in [0, 0.1) is 0 Å². The van der Waals surface area contributed by atoms with Crippen molar-refractivity contribution >= 4 is 28.5 Å². The van der Waals surface area contributed by atoms with Crippen LogP contribution in [0.25, 0.3) is 10.9 Å². The third-order valence-electron chi connectivity index (χ3n) is 3.95. The van der Waals surface area contributed by atoms with E-state index in [9.17, 15) is 9.59 Å². The number of nitrogens with zero attached hydrogens (tertiary/aromatic N) is 2. The van der Waals surface area contributed by atoms with E-state index in [2.05, 4.69) is 9.97 Å². The number of aromatic amines is 1. The fourth-order valence-electron chi connectivity index (χ4n) is 2.55. The molecule has 1 N–H and O–H groups in total. The van der Waals surface area contributed by atoms with Gasteiger partial charge in [0.15, 0.2) is 6.10 Å². The molecule has 0 saturated carbocycles. The normalized spacial score (nSPS) is 12.0. The van der Waals surface area contributed by atoms with E-state index in [0.717, 1.165) is 16.7 Å². The fourth-order valence-corrected chi connectivity index (χ4v) is 2.55. The maximum Gasteiger partial charge on any atom is 0.340 e. The summed E-state index contributed by atoms with van der Waals surface area (Å²) >= 11 is 0. The van der Waals surface area contributed by atoms with Crippen LogP contribution in [0.3, 0.4) is 0 Å². The van der Waals surface area contributed by atoms with E-state index in [1.54, 1.807) is 25.3 Å². The summed E-state index contributed by atoms with van der Waals surface area (Å²) in [5.74, 6) is -0.0818. The molecule has 0 unspecified atom stereocenters. The van der Waals surface area contributed by atoms with Crippen molar-refractivity contribution in [3.8, 4) is 0 Å². The number of benzene rings is 1. The monoisotopic (exact) mass is 337 g/mol. The zero-order valence-electron chi connectivity index (χ0n) is 14.3.